The number of rotatable bonds is 0. The first-order chi connectivity index (χ1) is 5.27. The van der Waals surface area contributed by atoms with Gasteiger partial charge in [0.05, 0.1) is 6.54 Å². The minimum atomic E-state index is 0.816. The molecule has 2 radical (unpaired) electrons. The van der Waals surface area contributed by atoms with Gasteiger partial charge in [0.2, 0.25) is 0 Å². The topological polar surface area (TPSA) is 21.1 Å². The average molecular weight is 147 g/mol. The summed E-state index contributed by atoms with van der Waals surface area (Å²) >= 11 is 0. The summed E-state index contributed by atoms with van der Waals surface area (Å²) < 4.78 is 1.98. The predicted molar refractivity (Wildman–Crippen MR) is 43.9 cm³/mol. The molecule has 3 nitrogen and oxygen atoms in total. The highest BCUT2D eigenvalue weighted by Crippen LogP contribution is 2.05. The van der Waals surface area contributed by atoms with Crippen molar-refractivity contribution >= 4 is 13.3 Å². The first-order valence-corrected chi connectivity index (χ1v) is 3.76. The molecule has 0 spiro atoms. The molecule has 0 atom stereocenters. The maximum absolute atomic E-state index is 5.71. The molecule has 1 aromatic rings. The molecule has 0 aromatic carbocycles. The van der Waals surface area contributed by atoms with Crippen LogP contribution in [0.15, 0.2) is 6.20 Å². The van der Waals surface area contributed by atoms with Crippen LogP contribution in [-0.4, -0.2) is 36.1 Å². The molecule has 0 bridgehead atoms. The molecular formula is C7H10BN3. The highest BCUT2D eigenvalue weighted by Gasteiger charge is 2.14. The maximum Gasteiger partial charge on any atom is 0.118 e. The number of hydrogen-bond acceptors (Lipinski definition) is 2. The number of fused-ring (bicyclic) bond motifs is 1. The van der Waals surface area contributed by atoms with E-state index in [-0.39, 0.29) is 0 Å². The van der Waals surface area contributed by atoms with E-state index in [0.29, 0.717) is 0 Å². The van der Waals surface area contributed by atoms with Crippen molar-refractivity contribution in [3.63, 3.8) is 0 Å². The average Bonchev–Trinajstić information content (AvgIpc) is 2.33. The minimum Gasteiger partial charge on any atom is -0.299 e. The Hall–Kier alpha value is -0.765. The molecule has 0 unspecified atom stereocenters. The number of aromatic nitrogens is 2. The van der Waals surface area contributed by atoms with Crippen LogP contribution in [-0.2, 0) is 13.1 Å². The Morgan fingerprint density at radius 3 is 3.18 bits per heavy atom. The smallest absolute Gasteiger partial charge is 0.118 e. The summed E-state index contributed by atoms with van der Waals surface area (Å²) in [6.07, 6.45) is 1.73. The van der Waals surface area contributed by atoms with Crippen LogP contribution in [0.2, 0.25) is 0 Å². The zero-order chi connectivity index (χ0) is 7.84. The number of nitrogens with zero attached hydrogens (tertiary/aromatic N) is 3. The van der Waals surface area contributed by atoms with Gasteiger partial charge >= 0.3 is 0 Å². The van der Waals surface area contributed by atoms with Crippen molar-refractivity contribution in [1.29, 1.82) is 0 Å². The second-order valence-electron chi connectivity index (χ2n) is 3.01. The van der Waals surface area contributed by atoms with Crippen LogP contribution in [0.5, 0.6) is 0 Å². The van der Waals surface area contributed by atoms with E-state index in [0.717, 1.165) is 30.8 Å². The minimum absolute atomic E-state index is 0.816. The fourth-order valence-corrected chi connectivity index (χ4v) is 1.39. The maximum atomic E-state index is 5.71. The monoisotopic (exact) mass is 147 g/mol. The number of hydrogen-bond donors (Lipinski definition) is 0. The van der Waals surface area contributed by atoms with E-state index in [4.69, 9.17) is 7.85 Å². The Morgan fingerprint density at radius 2 is 2.36 bits per heavy atom. The van der Waals surface area contributed by atoms with Crippen LogP contribution in [0, 0.1) is 0 Å². The molecule has 2 rings (SSSR count). The molecule has 0 saturated carbocycles. The van der Waals surface area contributed by atoms with E-state index < -0.39 is 0 Å². The van der Waals surface area contributed by atoms with Gasteiger partial charge in [0.15, 0.2) is 0 Å². The molecule has 11 heavy (non-hydrogen) atoms. The van der Waals surface area contributed by atoms with Gasteiger partial charge < -0.3 is 0 Å². The highest BCUT2D eigenvalue weighted by atomic mass is 15.3. The first kappa shape index (κ1) is 6.92. The molecule has 1 aliphatic heterocycles. The summed E-state index contributed by atoms with van der Waals surface area (Å²) in [5, 5.41) is 4.16. The van der Waals surface area contributed by atoms with Gasteiger partial charge in [-0.3, -0.25) is 9.58 Å². The Balaban J connectivity index is 2.37. The first-order valence-electron chi connectivity index (χ1n) is 3.76. The van der Waals surface area contributed by atoms with Gasteiger partial charge in [-0.1, -0.05) is 5.46 Å². The third kappa shape index (κ3) is 1.07. The molecule has 0 aliphatic carbocycles. The molecule has 0 saturated heterocycles. The van der Waals surface area contributed by atoms with E-state index in [1.807, 2.05) is 4.68 Å². The number of likely N-dealkylation sites (N-methyl/N-ethyl adjacent to an activating group) is 1. The summed E-state index contributed by atoms with van der Waals surface area (Å²) in [5.74, 6) is 0. The second kappa shape index (κ2) is 2.38. The van der Waals surface area contributed by atoms with Crippen LogP contribution in [0.25, 0.3) is 0 Å². The third-order valence-electron chi connectivity index (χ3n) is 2.09. The van der Waals surface area contributed by atoms with Crippen LogP contribution in [0.3, 0.4) is 0 Å². The third-order valence-corrected chi connectivity index (χ3v) is 2.09. The van der Waals surface area contributed by atoms with Gasteiger partial charge in [-0.15, -0.1) is 0 Å². The van der Waals surface area contributed by atoms with Gasteiger partial charge in [-0.25, -0.2) is 0 Å². The van der Waals surface area contributed by atoms with E-state index in [1.54, 1.807) is 6.20 Å². The van der Waals surface area contributed by atoms with Crippen molar-refractivity contribution in [2.75, 3.05) is 13.6 Å². The summed E-state index contributed by atoms with van der Waals surface area (Å²) in [5.41, 5.74) is 1.97. The van der Waals surface area contributed by atoms with Crippen LogP contribution < -0.4 is 5.46 Å². The van der Waals surface area contributed by atoms with Crippen LogP contribution >= 0.6 is 0 Å². The molecule has 1 aromatic heterocycles. The Labute approximate surface area is 67.4 Å². The molecular weight excluding hydrogens is 137 g/mol. The fourth-order valence-electron chi connectivity index (χ4n) is 1.39. The van der Waals surface area contributed by atoms with Gasteiger partial charge in [0, 0.05) is 25.0 Å². The van der Waals surface area contributed by atoms with Gasteiger partial charge in [-0.2, -0.15) is 5.10 Å². The zero-order valence-corrected chi connectivity index (χ0v) is 6.62. The van der Waals surface area contributed by atoms with Crippen molar-refractivity contribution in [2.45, 2.75) is 13.1 Å². The standard InChI is InChI=1S/C7H10BN3/c1-10-2-3-11-7(5-10)6(8)4-9-11/h4H,2-3,5H2,1H3. The largest absolute Gasteiger partial charge is 0.299 e. The van der Waals surface area contributed by atoms with E-state index in [1.165, 1.54) is 0 Å². The zero-order valence-electron chi connectivity index (χ0n) is 6.62. The van der Waals surface area contributed by atoms with Crippen molar-refractivity contribution in [2.24, 2.45) is 0 Å². The van der Waals surface area contributed by atoms with Crippen molar-refractivity contribution < 1.29 is 0 Å². The fraction of sp³-hybridized carbons (Fsp3) is 0.571. The Bertz CT molecular complexity index is 269. The van der Waals surface area contributed by atoms with E-state index in [2.05, 4.69) is 17.0 Å². The lowest BCUT2D eigenvalue weighted by Gasteiger charge is -2.23. The van der Waals surface area contributed by atoms with Crippen LogP contribution in [0.1, 0.15) is 5.69 Å². The van der Waals surface area contributed by atoms with E-state index in [9.17, 15) is 0 Å². The lowest BCUT2D eigenvalue weighted by Crippen LogP contribution is -2.33. The van der Waals surface area contributed by atoms with Crippen molar-refractivity contribution in [3.8, 4) is 0 Å². The van der Waals surface area contributed by atoms with Crippen LogP contribution in [0.4, 0.5) is 0 Å². The normalized spacial score (nSPS) is 18.3. The lowest BCUT2D eigenvalue weighted by atomic mass is 9.96. The predicted octanol–water partition coefficient (Wildman–Crippen LogP) is -0.878. The van der Waals surface area contributed by atoms with Crippen molar-refractivity contribution in [3.05, 3.63) is 11.9 Å². The lowest BCUT2D eigenvalue weighted by molar-refractivity contribution is 0.260. The Morgan fingerprint density at radius 1 is 1.55 bits per heavy atom. The van der Waals surface area contributed by atoms with E-state index >= 15 is 0 Å². The summed E-state index contributed by atoms with van der Waals surface area (Å²) in [6.45, 7) is 2.95. The highest BCUT2D eigenvalue weighted by molar-refractivity contribution is 6.33. The van der Waals surface area contributed by atoms with Gasteiger partial charge in [0.25, 0.3) is 0 Å². The van der Waals surface area contributed by atoms with Gasteiger partial charge in [-0.05, 0) is 7.05 Å². The second-order valence-corrected chi connectivity index (χ2v) is 3.01. The molecule has 56 valence electrons. The molecule has 2 heterocycles. The SMILES string of the molecule is [B]c1cnn2c1CN(C)CC2. The summed E-state index contributed by atoms with van der Waals surface area (Å²) in [6, 6.07) is 0. The summed E-state index contributed by atoms with van der Waals surface area (Å²) in [7, 11) is 7.81. The molecule has 1 aliphatic rings. The molecule has 0 amide bonds. The molecule has 0 fully saturated rings. The quantitative estimate of drug-likeness (QED) is 0.444. The molecule has 4 heteroatoms. The van der Waals surface area contributed by atoms with Gasteiger partial charge in [0.1, 0.15) is 7.85 Å². The Kier molecular flexibility index (Phi) is 1.49. The molecule has 0 N–H and O–H groups in total. The summed E-state index contributed by atoms with van der Waals surface area (Å²) in [4.78, 5) is 2.24. The van der Waals surface area contributed by atoms with Crippen molar-refractivity contribution in [1.82, 2.24) is 14.7 Å².